The normalized spacial score (nSPS) is 11.2. The summed E-state index contributed by atoms with van der Waals surface area (Å²) in [7, 11) is 0. The van der Waals surface area contributed by atoms with Gasteiger partial charge >= 0.3 is 0 Å². The fraction of sp³-hybridized carbons (Fsp3) is 0.0455. The van der Waals surface area contributed by atoms with Gasteiger partial charge in [-0.05, 0) is 35.4 Å². The van der Waals surface area contributed by atoms with Gasteiger partial charge in [-0.3, -0.25) is 4.79 Å². The van der Waals surface area contributed by atoms with E-state index < -0.39 is 0 Å². The monoisotopic (exact) mass is 362 g/mol. The molecule has 3 aromatic carbocycles. The van der Waals surface area contributed by atoms with Crippen LogP contribution in [0.1, 0.15) is 21.5 Å². The van der Waals surface area contributed by atoms with E-state index in [1.807, 2.05) is 66.7 Å². The Morgan fingerprint density at radius 1 is 0.885 bits per heavy atom. The van der Waals surface area contributed by atoms with Gasteiger partial charge in [0, 0.05) is 34.6 Å². The minimum Gasteiger partial charge on any atom is -0.399 e. The van der Waals surface area contributed by atoms with Crippen LogP contribution in [0.25, 0.3) is 5.70 Å². The van der Waals surface area contributed by atoms with Crippen molar-refractivity contribution in [1.82, 2.24) is 5.32 Å². The molecule has 0 unspecified atom stereocenters. The maximum absolute atomic E-state index is 12.6. The first kappa shape index (κ1) is 17.8. The van der Waals surface area contributed by atoms with E-state index in [2.05, 4.69) is 5.32 Å². The van der Waals surface area contributed by atoms with Crippen LogP contribution in [0.2, 0.25) is 5.02 Å². The number of rotatable bonds is 6. The van der Waals surface area contributed by atoms with Crippen molar-refractivity contribution in [2.45, 2.75) is 6.54 Å². The molecule has 0 aliphatic rings. The van der Waals surface area contributed by atoms with Crippen molar-refractivity contribution < 1.29 is 4.79 Å². The summed E-state index contributed by atoms with van der Waals surface area (Å²) in [5.74, 6) is -0.0552. The number of benzene rings is 3. The molecule has 3 nitrogen and oxygen atoms in total. The number of carbonyl (C=O) groups is 1. The molecule has 26 heavy (non-hydrogen) atoms. The van der Waals surface area contributed by atoms with Gasteiger partial charge < -0.3 is 11.1 Å². The molecule has 0 bridgehead atoms. The number of hydrogen-bond acceptors (Lipinski definition) is 3. The number of nitrogen functional groups attached to an aromatic ring is 1. The highest BCUT2D eigenvalue weighted by Gasteiger charge is 2.07. The summed E-state index contributed by atoms with van der Waals surface area (Å²) in [6.45, 7) is 0.580. The van der Waals surface area contributed by atoms with Gasteiger partial charge in [-0.2, -0.15) is 0 Å². The number of hydrogen-bond donors (Lipinski definition) is 2. The molecule has 0 spiro atoms. The minimum absolute atomic E-state index is 0.0552. The van der Waals surface area contributed by atoms with Crippen molar-refractivity contribution in [3.63, 3.8) is 0 Å². The molecule has 0 amide bonds. The number of ketones is 1. The van der Waals surface area contributed by atoms with Crippen LogP contribution < -0.4 is 11.1 Å². The zero-order valence-corrected chi connectivity index (χ0v) is 14.9. The first-order chi connectivity index (χ1) is 12.6. The molecule has 0 saturated carbocycles. The number of carbonyl (C=O) groups excluding carboxylic acids is 1. The van der Waals surface area contributed by atoms with Crippen LogP contribution in [0.3, 0.4) is 0 Å². The molecule has 0 fully saturated rings. The van der Waals surface area contributed by atoms with Gasteiger partial charge in [-0.1, -0.05) is 66.2 Å². The molecular formula is C22H19ClN2O. The second-order valence-corrected chi connectivity index (χ2v) is 6.33. The Balaban J connectivity index is 1.86. The van der Waals surface area contributed by atoms with Gasteiger partial charge in [-0.25, -0.2) is 0 Å². The van der Waals surface area contributed by atoms with Gasteiger partial charge in [0.05, 0.1) is 0 Å². The van der Waals surface area contributed by atoms with Crippen molar-refractivity contribution >= 4 is 28.8 Å². The lowest BCUT2D eigenvalue weighted by Crippen LogP contribution is -2.13. The van der Waals surface area contributed by atoms with E-state index in [0.717, 1.165) is 22.5 Å². The summed E-state index contributed by atoms with van der Waals surface area (Å²) in [5.41, 5.74) is 9.81. The molecule has 3 aromatic rings. The van der Waals surface area contributed by atoms with E-state index in [9.17, 15) is 4.79 Å². The summed E-state index contributed by atoms with van der Waals surface area (Å²) < 4.78 is 0. The zero-order chi connectivity index (χ0) is 18.4. The highest BCUT2D eigenvalue weighted by molar-refractivity contribution is 6.30. The number of allylic oxidation sites excluding steroid dienone is 1. The number of nitrogens with one attached hydrogen (secondary N) is 1. The Hall–Kier alpha value is -3.04. The lowest BCUT2D eigenvalue weighted by atomic mass is 10.1. The van der Waals surface area contributed by atoms with Crippen molar-refractivity contribution in [2.75, 3.05) is 5.73 Å². The van der Waals surface area contributed by atoms with Crippen LogP contribution in [-0.2, 0) is 6.54 Å². The van der Waals surface area contributed by atoms with Crippen LogP contribution >= 0.6 is 11.6 Å². The molecular weight excluding hydrogens is 344 g/mol. The Labute approximate surface area is 158 Å². The minimum atomic E-state index is -0.0552. The average Bonchev–Trinajstić information content (AvgIpc) is 2.67. The topological polar surface area (TPSA) is 55.1 Å². The van der Waals surface area contributed by atoms with Crippen LogP contribution in [0.4, 0.5) is 5.69 Å². The van der Waals surface area contributed by atoms with Crippen LogP contribution in [-0.4, -0.2) is 5.78 Å². The fourth-order valence-electron chi connectivity index (χ4n) is 2.52. The number of halogens is 1. The third-order valence-corrected chi connectivity index (χ3v) is 4.20. The van der Waals surface area contributed by atoms with Crippen LogP contribution in [0, 0.1) is 0 Å². The summed E-state index contributed by atoms with van der Waals surface area (Å²) >= 11 is 5.99. The average molecular weight is 363 g/mol. The molecule has 3 rings (SSSR count). The molecule has 0 aromatic heterocycles. The van der Waals surface area contributed by atoms with Crippen molar-refractivity contribution in [1.29, 1.82) is 0 Å². The van der Waals surface area contributed by atoms with E-state index in [0.29, 0.717) is 17.1 Å². The van der Waals surface area contributed by atoms with Crippen LogP contribution in [0.5, 0.6) is 0 Å². The van der Waals surface area contributed by atoms with Crippen molar-refractivity contribution in [3.05, 3.63) is 107 Å². The lowest BCUT2D eigenvalue weighted by molar-refractivity contribution is 0.104. The maximum atomic E-state index is 12.6. The molecule has 4 heteroatoms. The van der Waals surface area contributed by atoms with E-state index in [1.165, 1.54) is 0 Å². The van der Waals surface area contributed by atoms with E-state index in [1.54, 1.807) is 18.2 Å². The summed E-state index contributed by atoms with van der Waals surface area (Å²) in [4.78, 5) is 12.6. The highest BCUT2D eigenvalue weighted by atomic mass is 35.5. The molecule has 130 valence electrons. The molecule has 0 heterocycles. The molecule has 0 radical (unpaired) electrons. The molecule has 0 atom stereocenters. The van der Waals surface area contributed by atoms with E-state index >= 15 is 0 Å². The Morgan fingerprint density at radius 2 is 1.54 bits per heavy atom. The summed E-state index contributed by atoms with van der Waals surface area (Å²) in [5, 5.41) is 4.00. The van der Waals surface area contributed by atoms with E-state index in [-0.39, 0.29) is 5.78 Å². The summed E-state index contributed by atoms with van der Waals surface area (Å²) in [6.07, 6.45) is 1.62. The zero-order valence-electron chi connectivity index (χ0n) is 14.2. The summed E-state index contributed by atoms with van der Waals surface area (Å²) in [6, 6.07) is 24.2. The van der Waals surface area contributed by atoms with Gasteiger partial charge in [0.15, 0.2) is 5.78 Å². The Morgan fingerprint density at radius 3 is 2.19 bits per heavy atom. The number of nitrogens with two attached hydrogens (primary N) is 1. The lowest BCUT2D eigenvalue weighted by Gasteiger charge is -2.12. The third kappa shape index (κ3) is 4.74. The first-order valence-electron chi connectivity index (χ1n) is 8.27. The van der Waals surface area contributed by atoms with Gasteiger partial charge in [0.25, 0.3) is 0 Å². The quantitative estimate of drug-likeness (QED) is 0.371. The predicted molar refractivity (Wildman–Crippen MR) is 108 cm³/mol. The number of anilines is 1. The second kappa shape index (κ2) is 8.37. The first-order valence-corrected chi connectivity index (χ1v) is 8.65. The molecule has 0 aliphatic heterocycles. The van der Waals surface area contributed by atoms with E-state index in [4.69, 9.17) is 17.3 Å². The van der Waals surface area contributed by atoms with Crippen molar-refractivity contribution in [3.8, 4) is 0 Å². The maximum Gasteiger partial charge on any atom is 0.187 e. The largest absolute Gasteiger partial charge is 0.399 e. The SMILES string of the molecule is Nc1ccc(CN/C(=C\C(=O)c2ccccc2)c2ccc(Cl)cc2)cc1. The van der Waals surface area contributed by atoms with Crippen LogP contribution in [0.15, 0.2) is 84.9 Å². The second-order valence-electron chi connectivity index (χ2n) is 5.89. The highest BCUT2D eigenvalue weighted by Crippen LogP contribution is 2.18. The molecule has 3 N–H and O–H groups in total. The predicted octanol–water partition coefficient (Wildman–Crippen LogP) is 4.94. The smallest absolute Gasteiger partial charge is 0.187 e. The van der Waals surface area contributed by atoms with Gasteiger partial charge in [-0.15, -0.1) is 0 Å². The van der Waals surface area contributed by atoms with Gasteiger partial charge in [0.1, 0.15) is 0 Å². The molecule has 0 aliphatic carbocycles. The Kier molecular flexibility index (Phi) is 5.72. The standard InChI is InChI=1S/C22H19ClN2O/c23-19-10-8-17(9-11-19)21(14-22(26)18-4-2-1-3-5-18)25-15-16-6-12-20(24)13-7-16/h1-14,25H,15,24H2/b21-14-. The van der Waals surface area contributed by atoms with Crippen molar-refractivity contribution in [2.24, 2.45) is 0 Å². The Bertz CT molecular complexity index is 901. The molecule has 0 saturated heterocycles. The van der Waals surface area contributed by atoms with Gasteiger partial charge in [0.2, 0.25) is 0 Å². The fourth-order valence-corrected chi connectivity index (χ4v) is 2.64. The third-order valence-electron chi connectivity index (χ3n) is 3.95.